The fraction of sp³-hybridized carbons (Fsp3) is 0.259. The minimum atomic E-state index is -0.822. The predicted molar refractivity (Wildman–Crippen MR) is 149 cm³/mol. The molecule has 3 aromatic carbocycles. The second-order valence-electron chi connectivity index (χ2n) is 7.93. The molecule has 0 radical (unpaired) electrons. The number of amidine groups is 1. The highest BCUT2D eigenvalue weighted by Crippen LogP contribution is 2.40. The molecule has 0 saturated heterocycles. The average Bonchev–Trinajstić information content (AvgIpc) is 2.93. The van der Waals surface area contributed by atoms with Gasteiger partial charge in [-0.1, -0.05) is 6.07 Å². The Hall–Kier alpha value is -4.31. The molecule has 0 fully saturated rings. The summed E-state index contributed by atoms with van der Waals surface area (Å²) in [7, 11) is 7.67. The lowest BCUT2D eigenvalue weighted by Crippen LogP contribution is -2.33. The quantitative estimate of drug-likeness (QED) is 0.199. The second-order valence-corrected chi connectivity index (χ2v) is 7.93. The number of benzene rings is 3. The zero-order valence-electron chi connectivity index (χ0n) is 21.9. The van der Waals surface area contributed by atoms with Crippen LogP contribution < -0.4 is 40.1 Å². The van der Waals surface area contributed by atoms with E-state index < -0.39 is 6.04 Å². The van der Waals surface area contributed by atoms with Gasteiger partial charge in [0, 0.05) is 17.8 Å². The molecule has 5 N–H and O–H groups in total. The topological polar surface area (TPSA) is 137 Å². The van der Waals surface area contributed by atoms with E-state index in [1.165, 1.54) is 21.3 Å². The summed E-state index contributed by atoms with van der Waals surface area (Å²) in [6.45, 7) is 0.255. The zero-order chi connectivity index (χ0) is 26.9. The van der Waals surface area contributed by atoms with Crippen LogP contribution in [0.25, 0.3) is 0 Å². The minimum Gasteiger partial charge on any atom is -0.493 e. The number of rotatable bonds is 12. The molecular formula is C27H33ClN4O6. The van der Waals surface area contributed by atoms with Gasteiger partial charge in [-0.2, -0.15) is 0 Å². The molecule has 0 aromatic heterocycles. The first-order chi connectivity index (χ1) is 17.8. The number of amides is 1. The molecule has 11 heteroatoms. The van der Waals surface area contributed by atoms with Crippen molar-refractivity contribution in [2.24, 2.45) is 5.73 Å². The van der Waals surface area contributed by atoms with Gasteiger partial charge in [0.1, 0.15) is 11.9 Å². The van der Waals surface area contributed by atoms with Crippen molar-refractivity contribution in [3.8, 4) is 28.7 Å². The monoisotopic (exact) mass is 544 g/mol. The summed E-state index contributed by atoms with van der Waals surface area (Å²) < 4.78 is 27.1. The Morgan fingerprint density at radius 3 is 1.89 bits per heavy atom. The van der Waals surface area contributed by atoms with E-state index in [0.29, 0.717) is 45.6 Å². The third-order valence-electron chi connectivity index (χ3n) is 5.70. The molecule has 10 nitrogen and oxygen atoms in total. The number of nitrogens with two attached hydrogens (primary N) is 1. The van der Waals surface area contributed by atoms with Crippen molar-refractivity contribution < 1.29 is 28.5 Å². The van der Waals surface area contributed by atoms with E-state index in [2.05, 4.69) is 10.6 Å². The number of carbonyl (C=O) groups excluding carboxylic acids is 1. The number of ether oxygens (including phenoxy) is 5. The second kappa shape index (κ2) is 13.8. The van der Waals surface area contributed by atoms with Gasteiger partial charge in [-0.25, -0.2) is 0 Å². The fourth-order valence-corrected chi connectivity index (χ4v) is 3.76. The third kappa shape index (κ3) is 6.92. The van der Waals surface area contributed by atoms with E-state index >= 15 is 0 Å². The maximum atomic E-state index is 13.5. The molecule has 1 atom stereocenters. The third-order valence-corrected chi connectivity index (χ3v) is 5.70. The number of anilines is 1. The number of halogens is 1. The molecule has 0 aliphatic heterocycles. The maximum Gasteiger partial charge on any atom is 0.247 e. The summed E-state index contributed by atoms with van der Waals surface area (Å²) in [5.74, 6) is 2.10. The van der Waals surface area contributed by atoms with Gasteiger partial charge >= 0.3 is 0 Å². The summed E-state index contributed by atoms with van der Waals surface area (Å²) in [6.07, 6.45) is 0. The molecule has 38 heavy (non-hydrogen) atoms. The van der Waals surface area contributed by atoms with Gasteiger partial charge in [0.2, 0.25) is 11.7 Å². The van der Waals surface area contributed by atoms with Gasteiger partial charge in [0.15, 0.2) is 23.0 Å². The van der Waals surface area contributed by atoms with E-state index in [1.807, 2.05) is 12.1 Å². The van der Waals surface area contributed by atoms with Crippen LogP contribution in [0.2, 0.25) is 0 Å². The number of methoxy groups -OCH3 is 5. The Kier molecular flexibility index (Phi) is 10.9. The zero-order valence-corrected chi connectivity index (χ0v) is 22.7. The number of nitrogen functional groups attached to an aromatic ring is 1. The number of nitrogens with one attached hydrogen (secondary N) is 3. The van der Waals surface area contributed by atoms with Gasteiger partial charge in [0.25, 0.3) is 0 Å². The minimum absolute atomic E-state index is 0. The average molecular weight is 545 g/mol. The number of hydrogen-bond acceptors (Lipinski definition) is 8. The Balaban J connectivity index is 0.00000507. The Morgan fingerprint density at radius 2 is 1.39 bits per heavy atom. The highest BCUT2D eigenvalue weighted by molar-refractivity contribution is 5.95. The molecule has 0 aliphatic rings. The Bertz CT molecular complexity index is 1230. The molecule has 1 amide bonds. The number of hydrogen-bond donors (Lipinski definition) is 4. The lowest BCUT2D eigenvalue weighted by molar-refractivity contribution is -0.122. The van der Waals surface area contributed by atoms with Crippen LogP contribution in [0.15, 0.2) is 54.6 Å². The van der Waals surface area contributed by atoms with Gasteiger partial charge in [-0.15, -0.1) is 12.4 Å². The molecule has 0 aliphatic carbocycles. The lowest BCUT2D eigenvalue weighted by Gasteiger charge is -2.22. The Morgan fingerprint density at radius 1 is 0.816 bits per heavy atom. The molecule has 0 saturated carbocycles. The van der Waals surface area contributed by atoms with Crippen LogP contribution in [0.3, 0.4) is 0 Å². The highest BCUT2D eigenvalue weighted by Gasteiger charge is 2.25. The van der Waals surface area contributed by atoms with Crippen LogP contribution in [0.1, 0.15) is 22.7 Å². The molecule has 3 aromatic rings. The van der Waals surface area contributed by atoms with Crippen LogP contribution in [0, 0.1) is 5.41 Å². The molecule has 1 unspecified atom stereocenters. The van der Waals surface area contributed by atoms with Crippen molar-refractivity contribution in [3.05, 3.63) is 71.3 Å². The van der Waals surface area contributed by atoms with Crippen LogP contribution >= 0.6 is 12.4 Å². The van der Waals surface area contributed by atoms with Crippen molar-refractivity contribution in [1.82, 2.24) is 5.32 Å². The van der Waals surface area contributed by atoms with Gasteiger partial charge < -0.3 is 40.1 Å². The molecule has 0 heterocycles. The van der Waals surface area contributed by atoms with Crippen LogP contribution in [0.5, 0.6) is 28.7 Å². The first kappa shape index (κ1) is 29.9. The molecule has 0 bridgehead atoms. The summed E-state index contributed by atoms with van der Waals surface area (Å²) in [6, 6.07) is 15.0. The van der Waals surface area contributed by atoms with E-state index in [9.17, 15) is 4.79 Å². The summed E-state index contributed by atoms with van der Waals surface area (Å²) in [4.78, 5) is 13.5. The van der Waals surface area contributed by atoms with Crippen LogP contribution in [-0.4, -0.2) is 47.3 Å². The SMILES string of the molecule is COc1ccc(CNC(=O)C(Nc2ccc(C(=N)N)cc2)c2cc(OC)c(OC)c(OC)c2)cc1OC.Cl. The Labute approximate surface area is 228 Å². The highest BCUT2D eigenvalue weighted by atomic mass is 35.5. The smallest absolute Gasteiger partial charge is 0.247 e. The predicted octanol–water partition coefficient (Wildman–Crippen LogP) is 3.91. The molecule has 0 spiro atoms. The van der Waals surface area contributed by atoms with E-state index in [-0.39, 0.29) is 30.7 Å². The molecule has 204 valence electrons. The van der Waals surface area contributed by atoms with Gasteiger partial charge in [-0.3, -0.25) is 10.2 Å². The summed E-state index contributed by atoms with van der Waals surface area (Å²) in [5, 5.41) is 13.8. The standard InChI is InChI=1S/C27H32N4O6.ClH/c1-33-20-11-6-16(12-21(20)34-2)15-30-27(32)24(31-19-9-7-17(8-10-19)26(28)29)18-13-22(35-3)25(37-5)23(14-18)36-4;/h6-14,24,31H,15H2,1-5H3,(H3,28,29)(H,30,32);1H. The summed E-state index contributed by atoms with van der Waals surface area (Å²) >= 11 is 0. The molecule has 3 rings (SSSR count). The maximum absolute atomic E-state index is 13.5. The van der Waals surface area contributed by atoms with Crippen molar-refractivity contribution in [2.75, 3.05) is 40.9 Å². The van der Waals surface area contributed by atoms with Crippen molar-refractivity contribution in [3.63, 3.8) is 0 Å². The summed E-state index contributed by atoms with van der Waals surface area (Å²) in [5.41, 5.74) is 8.23. The van der Waals surface area contributed by atoms with Crippen molar-refractivity contribution in [2.45, 2.75) is 12.6 Å². The van der Waals surface area contributed by atoms with Crippen LogP contribution in [-0.2, 0) is 11.3 Å². The van der Waals surface area contributed by atoms with Crippen molar-refractivity contribution in [1.29, 1.82) is 5.41 Å². The fourth-order valence-electron chi connectivity index (χ4n) is 3.76. The first-order valence-electron chi connectivity index (χ1n) is 11.3. The van der Waals surface area contributed by atoms with Gasteiger partial charge in [0.05, 0.1) is 35.5 Å². The van der Waals surface area contributed by atoms with Crippen molar-refractivity contribution >= 4 is 29.8 Å². The first-order valence-corrected chi connectivity index (χ1v) is 11.3. The number of carbonyl (C=O) groups is 1. The molecular weight excluding hydrogens is 512 g/mol. The van der Waals surface area contributed by atoms with E-state index in [1.54, 1.807) is 56.7 Å². The van der Waals surface area contributed by atoms with Gasteiger partial charge in [-0.05, 0) is 59.7 Å². The lowest BCUT2D eigenvalue weighted by atomic mass is 10.0. The van der Waals surface area contributed by atoms with Crippen LogP contribution in [0.4, 0.5) is 5.69 Å². The normalized spacial score (nSPS) is 10.9. The van der Waals surface area contributed by atoms with E-state index in [4.69, 9.17) is 34.8 Å². The van der Waals surface area contributed by atoms with E-state index in [0.717, 1.165) is 5.56 Å². The largest absolute Gasteiger partial charge is 0.493 e.